The fourth-order valence-corrected chi connectivity index (χ4v) is 5.70. The highest BCUT2D eigenvalue weighted by molar-refractivity contribution is 9.11. The summed E-state index contributed by atoms with van der Waals surface area (Å²) in [5.41, 5.74) is 0. The number of likely N-dealkylation sites (tertiary alicyclic amines) is 1. The second-order valence-electron chi connectivity index (χ2n) is 4.65. The van der Waals surface area contributed by atoms with E-state index in [2.05, 4.69) is 20.7 Å². The van der Waals surface area contributed by atoms with E-state index in [1.807, 2.05) is 0 Å². The van der Waals surface area contributed by atoms with Crippen LogP contribution >= 0.6 is 38.9 Å². The molecule has 1 atom stereocenters. The molecule has 1 saturated heterocycles. The van der Waals surface area contributed by atoms with Crippen molar-refractivity contribution in [3.63, 3.8) is 0 Å². The molecule has 0 aliphatic carbocycles. The third-order valence-corrected chi connectivity index (χ3v) is 7.45. The van der Waals surface area contributed by atoms with Crippen LogP contribution in [0.25, 0.3) is 0 Å². The summed E-state index contributed by atoms with van der Waals surface area (Å²) in [7, 11) is -3.60. The van der Waals surface area contributed by atoms with E-state index in [4.69, 9.17) is 11.6 Å². The van der Waals surface area contributed by atoms with Gasteiger partial charge in [0.05, 0.1) is 8.81 Å². The Labute approximate surface area is 135 Å². The summed E-state index contributed by atoms with van der Waals surface area (Å²) >= 11 is 10.1. The van der Waals surface area contributed by atoms with Crippen LogP contribution in [-0.2, 0) is 14.8 Å². The number of sulfonamides is 1. The molecule has 1 aromatic rings. The van der Waals surface area contributed by atoms with Gasteiger partial charge in [0.1, 0.15) is 4.21 Å². The van der Waals surface area contributed by atoms with Crippen LogP contribution < -0.4 is 4.72 Å². The molecule has 1 aliphatic rings. The Hall–Kier alpha value is -0.150. The van der Waals surface area contributed by atoms with Crippen LogP contribution in [0.15, 0.2) is 14.1 Å². The highest BCUT2D eigenvalue weighted by atomic mass is 79.9. The van der Waals surface area contributed by atoms with Crippen LogP contribution in [-0.4, -0.2) is 38.4 Å². The number of nitrogens with zero attached hydrogens (tertiary/aromatic N) is 1. The molecule has 0 bridgehead atoms. The second-order valence-corrected chi connectivity index (χ2v) is 9.37. The average molecular weight is 402 g/mol. The molecule has 9 heteroatoms. The molecule has 1 fully saturated rings. The van der Waals surface area contributed by atoms with Crippen LogP contribution in [0.4, 0.5) is 0 Å². The van der Waals surface area contributed by atoms with Crippen molar-refractivity contribution in [3.05, 3.63) is 14.9 Å². The normalized spacial score (nSPS) is 17.8. The SMILES string of the molecule is CC(CN1CCCC1=O)NS(=O)(=O)c1cc(Cl)c(Br)s1. The van der Waals surface area contributed by atoms with Gasteiger partial charge in [-0.15, -0.1) is 11.3 Å². The molecule has 0 spiro atoms. The van der Waals surface area contributed by atoms with Crippen molar-refractivity contribution in [1.29, 1.82) is 0 Å². The van der Waals surface area contributed by atoms with Gasteiger partial charge in [-0.3, -0.25) is 4.79 Å². The zero-order valence-corrected chi connectivity index (χ0v) is 14.7. The first kappa shape index (κ1) is 16.2. The summed E-state index contributed by atoms with van der Waals surface area (Å²) in [5, 5.41) is 0.373. The van der Waals surface area contributed by atoms with Crippen LogP contribution in [0.2, 0.25) is 5.02 Å². The van der Waals surface area contributed by atoms with E-state index in [0.717, 1.165) is 17.8 Å². The molecule has 2 heterocycles. The van der Waals surface area contributed by atoms with E-state index in [9.17, 15) is 13.2 Å². The minimum Gasteiger partial charge on any atom is -0.341 e. The van der Waals surface area contributed by atoms with Gasteiger partial charge in [0.15, 0.2) is 0 Å². The number of nitrogens with one attached hydrogen (secondary N) is 1. The third-order valence-electron chi connectivity index (χ3n) is 2.91. The Morgan fingerprint density at radius 3 is 2.80 bits per heavy atom. The Morgan fingerprint density at radius 2 is 2.30 bits per heavy atom. The molecule has 112 valence electrons. The quantitative estimate of drug-likeness (QED) is 0.824. The van der Waals surface area contributed by atoms with E-state index in [1.165, 1.54) is 6.07 Å². The minimum absolute atomic E-state index is 0.0814. The number of hydrogen-bond acceptors (Lipinski definition) is 4. The number of carbonyl (C=O) groups is 1. The van der Waals surface area contributed by atoms with Crippen molar-refractivity contribution >= 4 is 54.8 Å². The summed E-state index contributed by atoms with van der Waals surface area (Å²) in [6.07, 6.45) is 1.39. The van der Waals surface area contributed by atoms with Gasteiger partial charge in [-0.2, -0.15) is 0 Å². The molecule has 5 nitrogen and oxygen atoms in total. The van der Waals surface area contributed by atoms with Gasteiger partial charge >= 0.3 is 0 Å². The molecule has 2 rings (SSSR count). The first-order valence-corrected chi connectivity index (χ1v) is 9.51. The van der Waals surface area contributed by atoms with Crippen molar-refractivity contribution in [3.8, 4) is 0 Å². The number of carbonyl (C=O) groups excluding carboxylic acids is 1. The summed E-state index contributed by atoms with van der Waals surface area (Å²) in [6.45, 7) is 2.83. The highest BCUT2D eigenvalue weighted by Gasteiger charge is 2.25. The molecule has 1 amide bonds. The monoisotopic (exact) mass is 400 g/mol. The fourth-order valence-electron chi connectivity index (χ4n) is 2.05. The number of rotatable bonds is 5. The van der Waals surface area contributed by atoms with Gasteiger partial charge in [-0.1, -0.05) is 11.6 Å². The van der Waals surface area contributed by atoms with E-state index >= 15 is 0 Å². The molecule has 20 heavy (non-hydrogen) atoms. The Balaban J connectivity index is 2.02. The topological polar surface area (TPSA) is 66.5 Å². The van der Waals surface area contributed by atoms with E-state index in [1.54, 1.807) is 11.8 Å². The number of thiophene rings is 1. The molecule has 1 aliphatic heterocycles. The van der Waals surface area contributed by atoms with E-state index in [-0.39, 0.29) is 16.2 Å². The largest absolute Gasteiger partial charge is 0.341 e. The first-order valence-electron chi connectivity index (χ1n) is 6.04. The smallest absolute Gasteiger partial charge is 0.250 e. The molecule has 1 N–H and O–H groups in total. The first-order chi connectivity index (χ1) is 9.29. The van der Waals surface area contributed by atoms with Crippen molar-refractivity contribution in [2.45, 2.75) is 30.0 Å². The highest BCUT2D eigenvalue weighted by Crippen LogP contribution is 2.34. The molecular weight excluding hydrogens is 388 g/mol. The van der Waals surface area contributed by atoms with E-state index < -0.39 is 10.0 Å². The van der Waals surface area contributed by atoms with Crippen LogP contribution in [0.1, 0.15) is 19.8 Å². The van der Waals surface area contributed by atoms with Gasteiger partial charge in [-0.25, -0.2) is 13.1 Å². The minimum atomic E-state index is -3.60. The molecule has 1 unspecified atom stereocenters. The lowest BCUT2D eigenvalue weighted by atomic mass is 10.3. The van der Waals surface area contributed by atoms with Gasteiger partial charge in [-0.05, 0) is 35.3 Å². The number of hydrogen-bond donors (Lipinski definition) is 1. The van der Waals surface area contributed by atoms with Gasteiger partial charge in [0.2, 0.25) is 15.9 Å². The van der Waals surface area contributed by atoms with Crippen molar-refractivity contribution < 1.29 is 13.2 Å². The van der Waals surface area contributed by atoms with Crippen LogP contribution in [0.5, 0.6) is 0 Å². The van der Waals surface area contributed by atoms with E-state index in [0.29, 0.717) is 28.3 Å². The number of halogens is 2. The van der Waals surface area contributed by atoms with Crippen molar-refractivity contribution in [2.75, 3.05) is 13.1 Å². The lowest BCUT2D eigenvalue weighted by Crippen LogP contribution is -2.42. The molecule has 0 saturated carbocycles. The zero-order chi connectivity index (χ0) is 14.9. The van der Waals surface area contributed by atoms with Gasteiger partial charge in [0.25, 0.3) is 0 Å². The Morgan fingerprint density at radius 1 is 1.60 bits per heavy atom. The molecular formula is C11H14BrClN2O3S2. The summed E-state index contributed by atoms with van der Waals surface area (Å²) in [5.74, 6) is 0.0814. The Bertz CT molecular complexity index is 598. The molecule has 0 radical (unpaired) electrons. The fraction of sp³-hybridized carbons (Fsp3) is 0.545. The third kappa shape index (κ3) is 3.73. The summed E-state index contributed by atoms with van der Waals surface area (Å²) < 4.78 is 27.7. The van der Waals surface area contributed by atoms with Gasteiger partial charge in [0, 0.05) is 25.6 Å². The second kappa shape index (κ2) is 6.31. The maximum absolute atomic E-state index is 12.2. The van der Waals surface area contributed by atoms with Crippen LogP contribution in [0.3, 0.4) is 0 Å². The van der Waals surface area contributed by atoms with Crippen molar-refractivity contribution in [1.82, 2.24) is 9.62 Å². The maximum Gasteiger partial charge on any atom is 0.250 e. The lowest BCUT2D eigenvalue weighted by molar-refractivity contribution is -0.127. The average Bonchev–Trinajstić information content (AvgIpc) is 2.87. The molecule has 1 aromatic heterocycles. The van der Waals surface area contributed by atoms with Crippen molar-refractivity contribution in [2.24, 2.45) is 0 Å². The maximum atomic E-state index is 12.2. The predicted octanol–water partition coefficient (Wildman–Crippen LogP) is 2.45. The predicted molar refractivity (Wildman–Crippen MR) is 82.6 cm³/mol. The Kier molecular flexibility index (Phi) is 5.12. The zero-order valence-electron chi connectivity index (χ0n) is 10.7. The summed E-state index contributed by atoms with van der Waals surface area (Å²) in [4.78, 5) is 13.2. The molecule has 0 aromatic carbocycles. The van der Waals surface area contributed by atoms with Gasteiger partial charge < -0.3 is 4.90 Å². The van der Waals surface area contributed by atoms with Crippen LogP contribution in [0, 0.1) is 0 Å². The standard InChI is InChI=1S/C11H14BrClN2O3S2/c1-7(6-15-4-2-3-9(15)16)14-20(17,18)10-5-8(13)11(12)19-10/h5,7,14H,2-4,6H2,1H3. The summed E-state index contributed by atoms with van der Waals surface area (Å²) in [6, 6.07) is 1.06. The lowest BCUT2D eigenvalue weighted by Gasteiger charge is -2.21. The number of amides is 1.